The Morgan fingerprint density at radius 1 is 1.16 bits per heavy atom. The van der Waals surface area contributed by atoms with Crippen LogP contribution < -0.4 is 5.32 Å². The average Bonchev–Trinajstić information content (AvgIpc) is 2.97. The third kappa shape index (κ3) is 3.74. The minimum Gasteiger partial charge on any atom is -0.300 e. The zero-order chi connectivity index (χ0) is 18.0. The van der Waals surface area contributed by atoms with Crippen LogP contribution in [0, 0.1) is 6.92 Å². The van der Waals surface area contributed by atoms with Crippen LogP contribution in [-0.4, -0.2) is 35.1 Å². The molecule has 0 radical (unpaired) electrons. The number of sulfone groups is 1. The molecule has 2 unspecified atom stereocenters. The monoisotopic (exact) mass is 375 g/mol. The van der Waals surface area contributed by atoms with E-state index in [0.717, 1.165) is 17.3 Å². The maximum Gasteiger partial charge on any atom is 0.275 e. The molecule has 1 aliphatic heterocycles. The number of amides is 1. The van der Waals surface area contributed by atoms with Crippen LogP contribution in [0.1, 0.15) is 23.0 Å². The number of nitrogens with zero attached hydrogens (tertiary/aromatic N) is 2. The lowest BCUT2D eigenvalue weighted by atomic mass is 10.2. The lowest BCUT2D eigenvalue weighted by Crippen LogP contribution is -2.29. The van der Waals surface area contributed by atoms with Gasteiger partial charge in [-0.05, 0) is 38.1 Å². The average molecular weight is 375 g/mol. The Bertz CT molecular complexity index is 910. The van der Waals surface area contributed by atoms with Gasteiger partial charge in [0.2, 0.25) is 0 Å². The Morgan fingerprint density at radius 2 is 1.88 bits per heavy atom. The van der Waals surface area contributed by atoms with Gasteiger partial charge in [-0.15, -0.1) is 0 Å². The number of rotatable bonds is 3. The highest BCUT2D eigenvalue weighted by Gasteiger charge is 2.39. The molecule has 2 aromatic rings. The molecule has 2 heterocycles. The van der Waals surface area contributed by atoms with Gasteiger partial charge in [0.15, 0.2) is 15.0 Å². The molecular formula is C17H17N3O3S2. The number of thioether (sulfide) groups is 1. The molecule has 1 aromatic heterocycles. The number of carbonyl (C=O) groups is 1. The summed E-state index contributed by atoms with van der Waals surface area (Å²) in [5, 5.41) is 2.93. The van der Waals surface area contributed by atoms with E-state index in [1.807, 2.05) is 6.92 Å². The summed E-state index contributed by atoms with van der Waals surface area (Å²) in [6.07, 6.45) is 1.52. The minimum atomic E-state index is -3.56. The molecular weight excluding hydrogens is 358 g/mol. The van der Waals surface area contributed by atoms with Crippen molar-refractivity contribution in [1.29, 1.82) is 0 Å². The number of amidine groups is 1. The fraction of sp³-hybridized carbons (Fsp3) is 0.235. The van der Waals surface area contributed by atoms with E-state index in [-0.39, 0.29) is 10.6 Å². The first-order valence-electron chi connectivity index (χ1n) is 7.65. The predicted molar refractivity (Wildman–Crippen MR) is 98.3 cm³/mol. The van der Waals surface area contributed by atoms with Gasteiger partial charge in [-0.2, -0.15) is 0 Å². The normalized spacial score (nSPS) is 20.2. The molecule has 25 heavy (non-hydrogen) atoms. The van der Waals surface area contributed by atoms with Gasteiger partial charge in [0.25, 0.3) is 5.91 Å². The number of benzene rings is 1. The van der Waals surface area contributed by atoms with E-state index in [2.05, 4.69) is 15.3 Å². The van der Waals surface area contributed by atoms with Gasteiger partial charge in [-0.25, -0.2) is 8.42 Å². The molecule has 0 spiro atoms. The number of aliphatic imine (C=N–C) groups is 1. The maximum absolute atomic E-state index is 12.8. The zero-order valence-electron chi connectivity index (χ0n) is 13.7. The molecule has 3 rings (SSSR count). The van der Waals surface area contributed by atoms with Gasteiger partial charge in [0.1, 0.15) is 10.3 Å². The predicted octanol–water partition coefficient (Wildman–Crippen LogP) is 2.41. The van der Waals surface area contributed by atoms with Gasteiger partial charge in [0, 0.05) is 6.20 Å². The van der Waals surface area contributed by atoms with Crippen LogP contribution in [0.15, 0.2) is 58.5 Å². The van der Waals surface area contributed by atoms with Crippen LogP contribution in [0.25, 0.3) is 0 Å². The Labute approximate surface area is 150 Å². The highest BCUT2D eigenvalue weighted by Crippen LogP contribution is 2.34. The summed E-state index contributed by atoms with van der Waals surface area (Å²) in [5.41, 5.74) is 1.24. The van der Waals surface area contributed by atoms with Crippen molar-refractivity contribution in [2.24, 2.45) is 4.99 Å². The van der Waals surface area contributed by atoms with Crippen LogP contribution in [0.3, 0.4) is 0 Å². The van der Waals surface area contributed by atoms with Crippen molar-refractivity contribution in [1.82, 2.24) is 10.3 Å². The summed E-state index contributed by atoms with van der Waals surface area (Å²) in [6.45, 7) is 3.63. The molecule has 1 amide bonds. The smallest absolute Gasteiger partial charge is 0.275 e. The van der Waals surface area contributed by atoms with Crippen LogP contribution in [0.4, 0.5) is 0 Å². The molecule has 0 aliphatic carbocycles. The number of aryl methyl sites for hydroxylation is 1. The van der Waals surface area contributed by atoms with Crippen LogP contribution >= 0.6 is 11.8 Å². The molecule has 130 valence electrons. The number of carbonyl (C=O) groups excluding carboxylic acids is 1. The van der Waals surface area contributed by atoms with Gasteiger partial charge in [0.05, 0.1) is 10.9 Å². The van der Waals surface area contributed by atoms with Crippen molar-refractivity contribution in [3.05, 3.63) is 59.9 Å². The molecule has 1 N–H and O–H groups in total. The number of hydrogen-bond acceptors (Lipinski definition) is 6. The molecule has 1 aromatic carbocycles. The van der Waals surface area contributed by atoms with E-state index in [1.54, 1.807) is 49.4 Å². The van der Waals surface area contributed by atoms with E-state index >= 15 is 0 Å². The molecule has 6 nitrogen and oxygen atoms in total. The molecule has 0 saturated carbocycles. The Morgan fingerprint density at radius 3 is 2.52 bits per heavy atom. The van der Waals surface area contributed by atoms with E-state index < -0.39 is 26.4 Å². The first kappa shape index (κ1) is 17.6. The molecule has 1 aliphatic rings. The van der Waals surface area contributed by atoms with Crippen molar-refractivity contribution in [3.63, 3.8) is 0 Å². The summed E-state index contributed by atoms with van der Waals surface area (Å²) < 4.78 is 24.9. The summed E-state index contributed by atoms with van der Waals surface area (Å²) in [4.78, 5) is 20.7. The second-order valence-corrected chi connectivity index (χ2v) is 9.19. The Balaban J connectivity index is 1.75. The molecule has 0 bridgehead atoms. The summed E-state index contributed by atoms with van der Waals surface area (Å²) in [5.74, 6) is -0.410. The van der Waals surface area contributed by atoms with E-state index in [1.165, 1.54) is 6.20 Å². The van der Waals surface area contributed by atoms with Crippen LogP contribution in [-0.2, 0) is 9.84 Å². The minimum absolute atomic E-state index is 0.253. The standard InChI is InChI=1S/C17H17N3O3S2/c1-11-6-8-13(9-7-11)25(22,23)16-12(2)19-17(24-16)20-15(21)14-5-3-4-10-18-14/h3-10,12,16H,1-2H3,(H,19,20,21). The fourth-order valence-corrected chi connectivity index (χ4v) is 5.72. The maximum atomic E-state index is 12.8. The largest absolute Gasteiger partial charge is 0.300 e. The molecule has 0 fully saturated rings. The van der Waals surface area contributed by atoms with E-state index in [9.17, 15) is 13.2 Å². The number of aromatic nitrogens is 1. The highest BCUT2D eigenvalue weighted by atomic mass is 32.3. The summed E-state index contributed by atoms with van der Waals surface area (Å²) in [7, 11) is -3.56. The molecule has 8 heteroatoms. The fourth-order valence-electron chi connectivity index (χ4n) is 2.39. The van der Waals surface area contributed by atoms with Crippen LogP contribution in [0.5, 0.6) is 0 Å². The lowest BCUT2D eigenvalue weighted by Gasteiger charge is -2.14. The van der Waals surface area contributed by atoms with Gasteiger partial charge in [-0.1, -0.05) is 35.5 Å². The third-order valence-corrected chi connectivity index (χ3v) is 7.76. The second-order valence-electron chi connectivity index (χ2n) is 5.69. The van der Waals surface area contributed by atoms with Gasteiger partial charge >= 0.3 is 0 Å². The number of nitrogens with one attached hydrogen (secondary N) is 1. The summed E-state index contributed by atoms with van der Waals surface area (Å²) in [6, 6.07) is 11.3. The third-order valence-electron chi connectivity index (χ3n) is 3.72. The van der Waals surface area contributed by atoms with Crippen molar-refractivity contribution in [3.8, 4) is 0 Å². The Kier molecular flexibility index (Phi) is 4.91. The van der Waals surface area contributed by atoms with Crippen molar-refractivity contribution < 1.29 is 13.2 Å². The highest BCUT2D eigenvalue weighted by molar-refractivity contribution is 8.23. The van der Waals surface area contributed by atoms with Crippen LogP contribution in [0.2, 0.25) is 0 Å². The Hall–Kier alpha value is -2.19. The quantitative estimate of drug-likeness (QED) is 0.890. The number of hydrogen-bond donors (Lipinski definition) is 1. The van der Waals surface area contributed by atoms with Crippen molar-refractivity contribution in [2.45, 2.75) is 29.4 Å². The topological polar surface area (TPSA) is 88.5 Å². The lowest BCUT2D eigenvalue weighted by molar-refractivity contribution is 0.0973. The zero-order valence-corrected chi connectivity index (χ0v) is 15.3. The first-order chi connectivity index (χ1) is 11.9. The SMILES string of the molecule is Cc1ccc(S(=O)(=O)C2SC(NC(=O)c3ccccn3)=NC2C)cc1. The number of pyridine rings is 1. The molecule has 2 atom stereocenters. The van der Waals surface area contributed by atoms with Crippen molar-refractivity contribution in [2.75, 3.05) is 0 Å². The molecule has 0 saturated heterocycles. The summed E-state index contributed by atoms with van der Waals surface area (Å²) >= 11 is 1.05. The second kappa shape index (κ2) is 6.97. The van der Waals surface area contributed by atoms with Crippen molar-refractivity contribution >= 4 is 32.7 Å². The van der Waals surface area contributed by atoms with E-state index in [0.29, 0.717) is 5.17 Å². The van der Waals surface area contributed by atoms with Gasteiger partial charge in [-0.3, -0.25) is 20.1 Å². The van der Waals surface area contributed by atoms with Gasteiger partial charge < -0.3 is 0 Å². The first-order valence-corrected chi connectivity index (χ1v) is 10.1. The van der Waals surface area contributed by atoms with E-state index in [4.69, 9.17) is 0 Å².